The van der Waals surface area contributed by atoms with Crippen LogP contribution >= 0.6 is 0 Å². The van der Waals surface area contributed by atoms with Gasteiger partial charge in [0.15, 0.2) is 0 Å². The Bertz CT molecular complexity index is 611. The van der Waals surface area contributed by atoms with E-state index in [1.807, 2.05) is 12.1 Å². The second-order valence-electron chi connectivity index (χ2n) is 4.83. The van der Waals surface area contributed by atoms with Gasteiger partial charge in [0, 0.05) is 18.7 Å². The van der Waals surface area contributed by atoms with Gasteiger partial charge in [-0.25, -0.2) is 0 Å². The normalized spacial score (nSPS) is 11.9. The number of carbonyl (C=O) groups is 1. The number of nitrogens with one attached hydrogen (secondary N) is 1. The number of hydrogen-bond acceptors (Lipinski definition) is 4. The highest BCUT2D eigenvalue weighted by Crippen LogP contribution is 2.17. The zero-order valence-corrected chi connectivity index (χ0v) is 11.6. The minimum absolute atomic E-state index is 0.146. The highest BCUT2D eigenvalue weighted by atomic mass is 16.3. The number of benzene rings is 2. The molecule has 0 saturated carbocycles. The van der Waals surface area contributed by atoms with Crippen molar-refractivity contribution in [1.82, 2.24) is 0 Å². The maximum absolute atomic E-state index is 12.0. The summed E-state index contributed by atoms with van der Waals surface area (Å²) in [7, 11) is 0. The third kappa shape index (κ3) is 4.05. The first-order valence-electron chi connectivity index (χ1n) is 6.72. The van der Waals surface area contributed by atoms with Crippen LogP contribution in [0.15, 0.2) is 48.5 Å². The maximum atomic E-state index is 12.0. The topological polar surface area (TPSA) is 101 Å². The molecule has 5 heteroatoms. The number of nitrogens with two attached hydrogens (primary N) is 2. The Morgan fingerprint density at radius 1 is 1.14 bits per heavy atom. The molecule has 0 aromatic heterocycles. The van der Waals surface area contributed by atoms with Crippen LogP contribution in [0.25, 0.3) is 0 Å². The molecular weight excluding hydrogens is 266 g/mol. The molecule has 0 heterocycles. The van der Waals surface area contributed by atoms with Gasteiger partial charge in [-0.2, -0.15) is 0 Å². The van der Waals surface area contributed by atoms with E-state index in [4.69, 9.17) is 11.5 Å². The van der Waals surface area contributed by atoms with Gasteiger partial charge in [-0.3, -0.25) is 4.79 Å². The van der Waals surface area contributed by atoms with E-state index < -0.39 is 6.04 Å². The summed E-state index contributed by atoms with van der Waals surface area (Å²) in [5, 5.41) is 12.4. The molecule has 6 N–H and O–H groups in total. The van der Waals surface area contributed by atoms with Gasteiger partial charge in [0.05, 0.1) is 6.04 Å². The van der Waals surface area contributed by atoms with Crippen LogP contribution in [0.4, 0.5) is 5.69 Å². The van der Waals surface area contributed by atoms with Gasteiger partial charge in [0.1, 0.15) is 5.75 Å². The zero-order chi connectivity index (χ0) is 15.2. The third-order valence-corrected chi connectivity index (χ3v) is 3.23. The molecule has 1 unspecified atom stereocenters. The molecule has 0 bridgehead atoms. The van der Waals surface area contributed by atoms with E-state index in [0.717, 1.165) is 5.56 Å². The second-order valence-corrected chi connectivity index (χ2v) is 4.83. The van der Waals surface area contributed by atoms with Crippen molar-refractivity contribution in [2.75, 3.05) is 5.32 Å². The van der Waals surface area contributed by atoms with Crippen LogP contribution in [0, 0.1) is 0 Å². The van der Waals surface area contributed by atoms with Crippen molar-refractivity contribution in [1.29, 1.82) is 0 Å². The van der Waals surface area contributed by atoms with E-state index in [-0.39, 0.29) is 18.1 Å². The Kier molecular flexibility index (Phi) is 4.92. The second kappa shape index (κ2) is 6.88. The average Bonchev–Trinajstić information content (AvgIpc) is 2.50. The van der Waals surface area contributed by atoms with Crippen molar-refractivity contribution < 1.29 is 9.90 Å². The van der Waals surface area contributed by atoms with Crippen molar-refractivity contribution in [3.63, 3.8) is 0 Å². The van der Waals surface area contributed by atoms with E-state index in [0.29, 0.717) is 17.8 Å². The van der Waals surface area contributed by atoms with Crippen LogP contribution in [0.1, 0.15) is 11.1 Å². The number of anilines is 1. The number of rotatable bonds is 5. The van der Waals surface area contributed by atoms with Crippen LogP contribution < -0.4 is 16.8 Å². The molecule has 0 aliphatic carbocycles. The molecule has 0 radical (unpaired) electrons. The van der Waals surface area contributed by atoms with Crippen molar-refractivity contribution >= 4 is 11.6 Å². The molecular formula is C16H19N3O2. The van der Waals surface area contributed by atoms with E-state index >= 15 is 0 Å². The summed E-state index contributed by atoms with van der Waals surface area (Å²) in [5.74, 6) is -0.146. The van der Waals surface area contributed by atoms with Gasteiger partial charge in [-0.1, -0.05) is 30.3 Å². The van der Waals surface area contributed by atoms with Gasteiger partial charge in [0.25, 0.3) is 0 Å². The summed E-state index contributed by atoms with van der Waals surface area (Å²) in [6, 6.07) is 13.4. The lowest BCUT2D eigenvalue weighted by Gasteiger charge is -2.13. The first-order chi connectivity index (χ1) is 10.1. The van der Waals surface area contributed by atoms with Crippen LogP contribution in [-0.4, -0.2) is 17.1 Å². The predicted octanol–water partition coefficient (Wildman–Crippen LogP) is 1.36. The fourth-order valence-corrected chi connectivity index (χ4v) is 1.97. The first-order valence-corrected chi connectivity index (χ1v) is 6.72. The van der Waals surface area contributed by atoms with Gasteiger partial charge < -0.3 is 21.9 Å². The third-order valence-electron chi connectivity index (χ3n) is 3.23. The van der Waals surface area contributed by atoms with E-state index in [1.165, 1.54) is 0 Å². The molecule has 110 valence electrons. The lowest BCUT2D eigenvalue weighted by atomic mass is 10.0. The van der Waals surface area contributed by atoms with Gasteiger partial charge >= 0.3 is 0 Å². The SMILES string of the molecule is NCc1ccc(NC(=O)C(N)Cc2ccccc2O)cc1. The smallest absolute Gasteiger partial charge is 0.241 e. The van der Waals surface area contributed by atoms with Crippen molar-refractivity contribution in [3.8, 4) is 5.75 Å². The van der Waals surface area contributed by atoms with Crippen LogP contribution in [0.5, 0.6) is 5.75 Å². The largest absolute Gasteiger partial charge is 0.508 e. The number of phenols is 1. The highest BCUT2D eigenvalue weighted by molar-refractivity contribution is 5.94. The number of hydrogen-bond donors (Lipinski definition) is 4. The molecule has 1 amide bonds. The Balaban J connectivity index is 1.97. The zero-order valence-electron chi connectivity index (χ0n) is 11.6. The van der Waals surface area contributed by atoms with Crippen LogP contribution in [0.3, 0.4) is 0 Å². The summed E-state index contributed by atoms with van der Waals surface area (Å²) in [5.41, 5.74) is 13.7. The molecule has 2 aromatic rings. The summed E-state index contributed by atoms with van der Waals surface area (Å²) in [4.78, 5) is 12.0. The highest BCUT2D eigenvalue weighted by Gasteiger charge is 2.15. The first kappa shape index (κ1) is 15.0. The van der Waals surface area contributed by atoms with Crippen molar-refractivity contribution in [2.24, 2.45) is 11.5 Å². The van der Waals surface area contributed by atoms with E-state index in [9.17, 15) is 9.90 Å². The van der Waals surface area contributed by atoms with E-state index in [2.05, 4.69) is 5.32 Å². The molecule has 0 fully saturated rings. The van der Waals surface area contributed by atoms with Gasteiger partial charge in [-0.05, 0) is 29.3 Å². The average molecular weight is 285 g/mol. The van der Waals surface area contributed by atoms with Crippen molar-refractivity contribution in [3.05, 3.63) is 59.7 Å². The molecule has 0 spiro atoms. The lowest BCUT2D eigenvalue weighted by molar-refractivity contribution is -0.117. The Morgan fingerprint density at radius 3 is 2.43 bits per heavy atom. The Labute approximate surface area is 123 Å². The van der Waals surface area contributed by atoms with Crippen molar-refractivity contribution in [2.45, 2.75) is 19.0 Å². The van der Waals surface area contributed by atoms with Crippen LogP contribution in [0.2, 0.25) is 0 Å². The molecule has 5 nitrogen and oxygen atoms in total. The summed E-state index contributed by atoms with van der Waals surface area (Å²) in [6.07, 6.45) is 0.277. The molecule has 2 aromatic carbocycles. The monoisotopic (exact) mass is 285 g/mol. The minimum Gasteiger partial charge on any atom is -0.508 e. The number of amides is 1. The number of carbonyl (C=O) groups excluding carboxylic acids is 1. The summed E-state index contributed by atoms with van der Waals surface area (Å²) in [6.45, 7) is 0.459. The molecule has 0 aliphatic rings. The van der Waals surface area contributed by atoms with Gasteiger partial charge in [-0.15, -0.1) is 0 Å². The molecule has 21 heavy (non-hydrogen) atoms. The Morgan fingerprint density at radius 2 is 1.81 bits per heavy atom. The number of phenolic OH excluding ortho intramolecular Hbond substituents is 1. The summed E-state index contributed by atoms with van der Waals surface area (Å²) < 4.78 is 0. The standard InChI is InChI=1S/C16H19N3O2/c17-10-11-5-7-13(8-6-11)19-16(21)14(18)9-12-3-1-2-4-15(12)20/h1-8,14,20H,9-10,17-18H2,(H,19,21). The van der Waals surface area contributed by atoms with Crippen LogP contribution in [-0.2, 0) is 17.8 Å². The Hall–Kier alpha value is -2.37. The number of aromatic hydroxyl groups is 1. The maximum Gasteiger partial charge on any atom is 0.241 e. The van der Waals surface area contributed by atoms with Gasteiger partial charge in [0.2, 0.25) is 5.91 Å². The quantitative estimate of drug-likeness (QED) is 0.666. The molecule has 1 atom stereocenters. The minimum atomic E-state index is -0.729. The molecule has 2 rings (SSSR count). The molecule has 0 saturated heterocycles. The molecule has 0 aliphatic heterocycles. The van der Waals surface area contributed by atoms with E-state index in [1.54, 1.807) is 36.4 Å². The predicted molar refractivity (Wildman–Crippen MR) is 82.7 cm³/mol. The summed E-state index contributed by atoms with van der Waals surface area (Å²) >= 11 is 0. The fourth-order valence-electron chi connectivity index (χ4n) is 1.97. The lowest BCUT2D eigenvalue weighted by Crippen LogP contribution is -2.37. The fraction of sp³-hybridized carbons (Fsp3) is 0.188. The number of para-hydroxylation sites is 1.